The normalized spacial score (nSPS) is 10.6. The van der Waals surface area contributed by atoms with Crippen LogP contribution in [0.5, 0.6) is 0 Å². The van der Waals surface area contributed by atoms with Crippen LogP contribution < -0.4 is 0 Å². The van der Waals surface area contributed by atoms with Crippen molar-refractivity contribution in [3.05, 3.63) is 29.3 Å². The van der Waals surface area contributed by atoms with Gasteiger partial charge in [-0.3, -0.25) is 0 Å². The summed E-state index contributed by atoms with van der Waals surface area (Å²) in [5.41, 5.74) is 2.79. The van der Waals surface area contributed by atoms with Crippen molar-refractivity contribution in [2.45, 2.75) is 0 Å². The molecule has 13 heavy (non-hydrogen) atoms. The van der Waals surface area contributed by atoms with E-state index < -0.39 is 0 Å². The Balaban J connectivity index is 2.94. The highest BCUT2D eigenvalue weighted by atomic mass is 79.9. The lowest BCUT2D eigenvalue weighted by atomic mass is 10.3. The quantitative estimate of drug-likeness (QED) is 0.763. The Hall–Kier alpha value is -1.16. The fraction of sp³-hybridized carbons (Fsp3) is 0.111. The van der Waals surface area contributed by atoms with Crippen LogP contribution in [0.2, 0.25) is 0 Å². The van der Waals surface area contributed by atoms with Gasteiger partial charge in [-0.15, -0.1) is 0 Å². The molecular weight excluding hydrogens is 230 g/mol. The van der Waals surface area contributed by atoms with Gasteiger partial charge in [0.05, 0.1) is 21.3 Å². The summed E-state index contributed by atoms with van der Waals surface area (Å²) in [7, 11) is 1.96. The summed E-state index contributed by atoms with van der Waals surface area (Å²) in [6.45, 7) is 3.71. The predicted molar refractivity (Wildman–Crippen MR) is 56.3 cm³/mol. The van der Waals surface area contributed by atoms with Crippen molar-refractivity contribution in [1.82, 2.24) is 14.5 Å². The third-order valence-electron chi connectivity index (χ3n) is 1.98. The van der Waals surface area contributed by atoms with Crippen molar-refractivity contribution in [2.75, 3.05) is 0 Å². The molecule has 0 atom stereocenters. The van der Waals surface area contributed by atoms with Gasteiger partial charge >= 0.3 is 0 Å². The van der Waals surface area contributed by atoms with Crippen LogP contribution in [0.15, 0.2) is 23.6 Å². The Morgan fingerprint density at radius 3 is 3.00 bits per heavy atom. The zero-order chi connectivity index (χ0) is 9.42. The topological polar surface area (TPSA) is 30.7 Å². The van der Waals surface area contributed by atoms with Gasteiger partial charge < -0.3 is 4.57 Å². The highest BCUT2D eigenvalue weighted by Gasteiger charge is 2.07. The van der Waals surface area contributed by atoms with E-state index >= 15 is 0 Å². The molecular formula is C9H8BrN3. The van der Waals surface area contributed by atoms with Gasteiger partial charge in [0.1, 0.15) is 6.33 Å². The van der Waals surface area contributed by atoms with E-state index in [-0.39, 0.29) is 0 Å². The zero-order valence-electron chi connectivity index (χ0n) is 7.16. The average molecular weight is 238 g/mol. The van der Waals surface area contributed by atoms with Crippen LogP contribution in [0.3, 0.4) is 0 Å². The first-order valence-corrected chi connectivity index (χ1v) is 4.61. The largest absolute Gasteiger partial charge is 0.335 e. The van der Waals surface area contributed by atoms with Gasteiger partial charge in [0.15, 0.2) is 0 Å². The molecule has 66 valence electrons. The van der Waals surface area contributed by atoms with Crippen LogP contribution in [0.25, 0.3) is 17.1 Å². The second kappa shape index (κ2) is 2.96. The summed E-state index contributed by atoms with van der Waals surface area (Å²) >= 11 is 3.43. The number of hydrogen-bond donors (Lipinski definition) is 0. The molecule has 3 nitrogen and oxygen atoms in total. The Morgan fingerprint density at radius 1 is 1.54 bits per heavy atom. The minimum atomic E-state index is 0.859. The molecule has 0 aliphatic carbocycles. The monoisotopic (exact) mass is 237 g/mol. The third kappa shape index (κ3) is 1.18. The van der Waals surface area contributed by atoms with E-state index in [4.69, 9.17) is 0 Å². The summed E-state index contributed by atoms with van der Waals surface area (Å²) in [5.74, 6) is 0. The number of halogens is 1. The maximum absolute atomic E-state index is 4.16. The molecule has 0 N–H and O–H groups in total. The molecule has 4 heteroatoms. The van der Waals surface area contributed by atoms with E-state index in [1.54, 1.807) is 12.4 Å². The minimum absolute atomic E-state index is 0.859. The molecule has 0 amide bonds. The van der Waals surface area contributed by atoms with Crippen LogP contribution in [-0.4, -0.2) is 14.5 Å². The van der Waals surface area contributed by atoms with Crippen LogP contribution in [0.4, 0.5) is 0 Å². The first-order valence-electron chi connectivity index (χ1n) is 3.82. The van der Waals surface area contributed by atoms with Crippen LogP contribution in [-0.2, 0) is 7.05 Å². The predicted octanol–water partition coefficient (Wildman–Crippen LogP) is 2.37. The second-order valence-corrected chi connectivity index (χ2v) is 3.54. The molecule has 0 spiro atoms. The van der Waals surface area contributed by atoms with E-state index in [0.29, 0.717) is 0 Å². The molecule has 2 heterocycles. The van der Waals surface area contributed by atoms with Crippen molar-refractivity contribution < 1.29 is 0 Å². The number of hydrogen-bond acceptors (Lipinski definition) is 2. The van der Waals surface area contributed by atoms with Crippen molar-refractivity contribution in [2.24, 2.45) is 7.05 Å². The smallest absolute Gasteiger partial charge is 0.116 e. The van der Waals surface area contributed by atoms with Crippen LogP contribution in [0, 0.1) is 0 Å². The van der Waals surface area contributed by atoms with Crippen molar-refractivity contribution in [1.29, 1.82) is 0 Å². The van der Waals surface area contributed by atoms with Crippen LogP contribution in [0.1, 0.15) is 5.69 Å². The number of fused-ring (bicyclic) bond motifs is 1. The maximum Gasteiger partial charge on any atom is 0.116 e. The summed E-state index contributed by atoms with van der Waals surface area (Å²) < 4.78 is 2.98. The first kappa shape index (κ1) is 8.44. The molecule has 0 aliphatic heterocycles. The Labute approximate surface area is 84.2 Å². The Bertz CT molecular complexity index is 473. The van der Waals surface area contributed by atoms with Gasteiger partial charge in [-0.1, -0.05) is 6.58 Å². The lowest BCUT2D eigenvalue weighted by Crippen LogP contribution is -1.92. The molecule has 2 aromatic rings. The SMILES string of the molecule is C=Cc1ncnc2cc(Br)n(C)c12. The van der Waals surface area contributed by atoms with E-state index in [9.17, 15) is 0 Å². The lowest BCUT2D eigenvalue weighted by Gasteiger charge is -1.99. The van der Waals surface area contributed by atoms with Crippen LogP contribution >= 0.6 is 15.9 Å². The fourth-order valence-electron chi connectivity index (χ4n) is 1.32. The first-order chi connectivity index (χ1) is 6.24. The molecule has 0 bridgehead atoms. The molecule has 2 aromatic heterocycles. The molecule has 0 fully saturated rings. The average Bonchev–Trinajstić information content (AvgIpc) is 2.43. The van der Waals surface area contributed by atoms with Crippen molar-refractivity contribution in [3.63, 3.8) is 0 Å². The highest BCUT2D eigenvalue weighted by Crippen LogP contribution is 2.22. The number of aryl methyl sites for hydroxylation is 1. The van der Waals surface area contributed by atoms with Gasteiger partial charge in [-0.05, 0) is 28.1 Å². The lowest BCUT2D eigenvalue weighted by molar-refractivity contribution is 0.934. The maximum atomic E-state index is 4.16. The van der Waals surface area contributed by atoms with Crippen molar-refractivity contribution >= 4 is 33.0 Å². The summed E-state index contributed by atoms with van der Waals surface area (Å²) in [4.78, 5) is 8.29. The Morgan fingerprint density at radius 2 is 2.31 bits per heavy atom. The van der Waals surface area contributed by atoms with Crippen molar-refractivity contribution in [3.8, 4) is 0 Å². The third-order valence-corrected chi connectivity index (χ3v) is 2.74. The van der Waals surface area contributed by atoms with E-state index in [1.165, 1.54) is 0 Å². The molecule has 0 unspecified atom stereocenters. The number of aromatic nitrogens is 3. The molecule has 0 aliphatic rings. The van der Waals surface area contributed by atoms with E-state index in [1.807, 2.05) is 17.7 Å². The molecule has 0 saturated heterocycles. The van der Waals surface area contributed by atoms with E-state index in [0.717, 1.165) is 21.3 Å². The Kier molecular flexibility index (Phi) is 1.92. The van der Waals surface area contributed by atoms with Gasteiger partial charge in [-0.25, -0.2) is 9.97 Å². The highest BCUT2D eigenvalue weighted by molar-refractivity contribution is 9.10. The number of rotatable bonds is 1. The molecule has 0 aromatic carbocycles. The summed E-state index contributed by atoms with van der Waals surface area (Å²) in [5, 5.41) is 0. The summed E-state index contributed by atoms with van der Waals surface area (Å²) in [6.07, 6.45) is 3.28. The second-order valence-electron chi connectivity index (χ2n) is 2.72. The fourth-order valence-corrected chi connectivity index (χ4v) is 1.72. The van der Waals surface area contributed by atoms with Gasteiger partial charge in [0, 0.05) is 7.05 Å². The summed E-state index contributed by atoms with van der Waals surface area (Å²) in [6, 6.07) is 1.96. The number of nitrogens with zero attached hydrogens (tertiary/aromatic N) is 3. The van der Waals surface area contributed by atoms with Gasteiger partial charge in [-0.2, -0.15) is 0 Å². The molecule has 2 rings (SSSR count). The van der Waals surface area contributed by atoms with Gasteiger partial charge in [0.2, 0.25) is 0 Å². The van der Waals surface area contributed by atoms with Gasteiger partial charge in [0.25, 0.3) is 0 Å². The molecule has 0 radical (unpaired) electrons. The molecule has 0 saturated carbocycles. The minimum Gasteiger partial charge on any atom is -0.335 e. The standard InChI is InChI=1S/C9H8BrN3/c1-3-6-9-7(12-5-11-6)4-8(10)13(9)2/h3-5H,1H2,2H3. The zero-order valence-corrected chi connectivity index (χ0v) is 8.74. The van der Waals surface area contributed by atoms with E-state index in [2.05, 4.69) is 32.5 Å².